The zero-order valence-corrected chi connectivity index (χ0v) is 18.2. The number of fused-ring (bicyclic) bond motifs is 4. The highest BCUT2D eigenvalue weighted by molar-refractivity contribution is 6.05. The summed E-state index contributed by atoms with van der Waals surface area (Å²) in [6.07, 6.45) is 4.00. The van der Waals surface area contributed by atoms with Crippen molar-refractivity contribution in [2.45, 2.75) is 37.8 Å². The van der Waals surface area contributed by atoms with Gasteiger partial charge in [0.2, 0.25) is 0 Å². The number of rotatable bonds is 8. The number of carbonyl (C=O) groups is 2. The molecule has 2 bridgehead atoms. The van der Waals surface area contributed by atoms with Crippen molar-refractivity contribution in [2.75, 3.05) is 41.4 Å². The molecule has 0 radical (unpaired) electrons. The molecule has 1 saturated carbocycles. The van der Waals surface area contributed by atoms with Gasteiger partial charge in [-0.3, -0.25) is 15.0 Å². The molecule has 10 heteroatoms. The average Bonchev–Trinajstić information content (AvgIpc) is 3.55. The summed E-state index contributed by atoms with van der Waals surface area (Å²) in [5.74, 6) is 1.68. The Hall–Kier alpha value is -3.24. The number of aromatic nitrogens is 2. The van der Waals surface area contributed by atoms with Gasteiger partial charge in [0, 0.05) is 31.8 Å². The molecule has 0 aromatic carbocycles. The molecule has 2 fully saturated rings. The third-order valence-electron chi connectivity index (χ3n) is 6.25. The molecule has 2 amide bonds. The van der Waals surface area contributed by atoms with E-state index in [9.17, 15) is 14.7 Å². The van der Waals surface area contributed by atoms with Crippen molar-refractivity contribution in [2.24, 2.45) is 5.92 Å². The molecule has 174 valence electrons. The fourth-order valence-electron chi connectivity index (χ4n) is 4.30. The molecule has 3 N–H and O–H groups in total. The van der Waals surface area contributed by atoms with Crippen molar-refractivity contribution in [1.29, 1.82) is 0 Å². The van der Waals surface area contributed by atoms with Gasteiger partial charge in [0.1, 0.15) is 30.0 Å². The van der Waals surface area contributed by atoms with Gasteiger partial charge in [0.05, 0.1) is 18.3 Å². The molecular weight excluding hydrogens is 426 g/mol. The Morgan fingerprint density at radius 2 is 2.09 bits per heavy atom. The maximum Gasteiger partial charge on any atom is 0.329 e. The molecule has 2 atom stereocenters. The van der Waals surface area contributed by atoms with Crippen LogP contribution in [0, 0.1) is 5.92 Å². The van der Waals surface area contributed by atoms with Crippen LogP contribution in [0.2, 0.25) is 0 Å². The molecular formula is C23H27N5O5. The van der Waals surface area contributed by atoms with Crippen LogP contribution in [-0.2, 0) is 0 Å². The standard InChI is InChI=1S/C23H27N5O5/c29-12-16(30)13-33-17-5-7-24-21(10-17)26-23(32)28-15-6-8-27(11-15)19-4-3-18(25-22(19)28)20(31)9-14-1-2-14/h3-5,7,10,14-16,29-30H,1-2,6,8-9,11-13H2,(H,24,26,32)/t15-,16-/m0/s1. The quantitative estimate of drug-likeness (QED) is 0.517. The Kier molecular flexibility index (Phi) is 5.86. The zero-order chi connectivity index (χ0) is 22.9. The second-order valence-electron chi connectivity index (χ2n) is 8.82. The highest BCUT2D eigenvalue weighted by Gasteiger charge is 2.40. The normalized spacial score (nSPS) is 19.8. The summed E-state index contributed by atoms with van der Waals surface area (Å²) in [4.78, 5) is 38.6. The zero-order valence-electron chi connectivity index (χ0n) is 18.2. The molecule has 10 nitrogen and oxygen atoms in total. The largest absolute Gasteiger partial charge is 0.491 e. The van der Waals surface area contributed by atoms with Gasteiger partial charge < -0.3 is 19.8 Å². The van der Waals surface area contributed by atoms with E-state index < -0.39 is 12.7 Å². The number of aliphatic hydroxyl groups is 2. The van der Waals surface area contributed by atoms with Crippen LogP contribution in [0.3, 0.4) is 0 Å². The number of nitrogens with zero attached hydrogens (tertiary/aromatic N) is 4. The van der Waals surface area contributed by atoms with E-state index in [4.69, 9.17) is 9.84 Å². The van der Waals surface area contributed by atoms with E-state index >= 15 is 0 Å². The smallest absolute Gasteiger partial charge is 0.329 e. The Labute approximate surface area is 191 Å². The Morgan fingerprint density at radius 1 is 1.24 bits per heavy atom. The number of aliphatic hydroxyl groups excluding tert-OH is 2. The number of anilines is 3. The van der Waals surface area contributed by atoms with Crippen LogP contribution in [0.15, 0.2) is 30.5 Å². The van der Waals surface area contributed by atoms with Gasteiger partial charge in [-0.2, -0.15) is 0 Å². The monoisotopic (exact) mass is 453 g/mol. The molecule has 5 rings (SSSR count). The molecule has 0 unspecified atom stereocenters. The van der Waals surface area contributed by atoms with Gasteiger partial charge in [-0.25, -0.2) is 14.8 Å². The van der Waals surface area contributed by atoms with Crippen LogP contribution in [0.4, 0.5) is 22.1 Å². The minimum atomic E-state index is -0.991. The molecule has 33 heavy (non-hydrogen) atoms. The number of ketones is 1. The van der Waals surface area contributed by atoms with E-state index in [-0.39, 0.29) is 24.5 Å². The number of pyridine rings is 2. The summed E-state index contributed by atoms with van der Waals surface area (Å²) in [6, 6.07) is 6.39. The molecule has 2 aliphatic heterocycles. The van der Waals surface area contributed by atoms with Crippen LogP contribution < -0.4 is 19.9 Å². The summed E-state index contributed by atoms with van der Waals surface area (Å²) >= 11 is 0. The van der Waals surface area contributed by atoms with Crippen molar-refractivity contribution in [3.8, 4) is 5.75 Å². The lowest BCUT2D eigenvalue weighted by molar-refractivity contribution is 0.0536. The van der Waals surface area contributed by atoms with Crippen molar-refractivity contribution in [3.63, 3.8) is 0 Å². The number of nitrogens with one attached hydrogen (secondary N) is 1. The van der Waals surface area contributed by atoms with E-state index in [1.54, 1.807) is 23.1 Å². The van der Waals surface area contributed by atoms with Gasteiger partial charge >= 0.3 is 6.03 Å². The van der Waals surface area contributed by atoms with Crippen LogP contribution in [0.5, 0.6) is 5.75 Å². The molecule has 2 aromatic rings. The van der Waals surface area contributed by atoms with Gasteiger partial charge in [0.15, 0.2) is 11.6 Å². The van der Waals surface area contributed by atoms with E-state index in [0.717, 1.165) is 31.5 Å². The molecule has 0 spiro atoms. The second kappa shape index (κ2) is 8.95. The minimum Gasteiger partial charge on any atom is -0.491 e. The number of amides is 2. The van der Waals surface area contributed by atoms with Gasteiger partial charge in [-0.1, -0.05) is 0 Å². The van der Waals surface area contributed by atoms with E-state index in [1.165, 1.54) is 6.20 Å². The summed E-state index contributed by atoms with van der Waals surface area (Å²) < 4.78 is 5.44. The van der Waals surface area contributed by atoms with Gasteiger partial charge in [-0.05, 0) is 43.4 Å². The van der Waals surface area contributed by atoms with Gasteiger partial charge in [-0.15, -0.1) is 0 Å². The van der Waals surface area contributed by atoms with Gasteiger partial charge in [0.25, 0.3) is 0 Å². The average molecular weight is 453 g/mol. The first-order valence-corrected chi connectivity index (χ1v) is 11.3. The summed E-state index contributed by atoms with van der Waals surface area (Å²) in [7, 11) is 0. The van der Waals surface area contributed by atoms with Crippen molar-refractivity contribution in [1.82, 2.24) is 9.97 Å². The SMILES string of the molecule is O=C(CC1CC1)c1ccc2c(n1)N(C(=O)Nc1cc(OC[C@@H](O)CO)ccn1)[C@H]1CCN2C1. The first-order valence-electron chi connectivity index (χ1n) is 11.3. The van der Waals surface area contributed by atoms with Crippen LogP contribution >= 0.6 is 0 Å². The maximum absolute atomic E-state index is 13.3. The lowest BCUT2D eigenvalue weighted by atomic mass is 10.1. The minimum absolute atomic E-state index is 0.0187. The number of carbonyl (C=O) groups excluding carboxylic acids is 2. The predicted molar refractivity (Wildman–Crippen MR) is 121 cm³/mol. The summed E-state index contributed by atoms with van der Waals surface area (Å²) in [5.41, 5.74) is 1.25. The molecule has 1 aliphatic carbocycles. The lowest BCUT2D eigenvalue weighted by Gasteiger charge is -2.35. The lowest BCUT2D eigenvalue weighted by Crippen LogP contribution is -2.48. The third-order valence-corrected chi connectivity index (χ3v) is 6.25. The Balaban J connectivity index is 1.36. The second-order valence-corrected chi connectivity index (χ2v) is 8.82. The molecule has 4 heterocycles. The third kappa shape index (κ3) is 4.62. The highest BCUT2D eigenvalue weighted by Crippen LogP contribution is 2.40. The van der Waals surface area contributed by atoms with Crippen molar-refractivity contribution in [3.05, 3.63) is 36.2 Å². The van der Waals surface area contributed by atoms with E-state index in [0.29, 0.717) is 42.0 Å². The predicted octanol–water partition coefficient (Wildman–Crippen LogP) is 1.82. The highest BCUT2D eigenvalue weighted by atomic mass is 16.5. The van der Waals surface area contributed by atoms with Crippen LogP contribution in [0.25, 0.3) is 0 Å². The molecule has 2 aromatic heterocycles. The van der Waals surface area contributed by atoms with Crippen molar-refractivity contribution < 1.29 is 24.5 Å². The maximum atomic E-state index is 13.3. The number of urea groups is 1. The first-order chi connectivity index (χ1) is 16.0. The van der Waals surface area contributed by atoms with Crippen LogP contribution in [-0.4, -0.2) is 70.4 Å². The van der Waals surface area contributed by atoms with E-state index in [1.807, 2.05) is 6.07 Å². The van der Waals surface area contributed by atoms with Crippen LogP contribution in [0.1, 0.15) is 36.2 Å². The number of hydrogen-bond donors (Lipinski definition) is 3. The summed E-state index contributed by atoms with van der Waals surface area (Å²) in [6.45, 7) is 1.06. The molecule has 1 saturated heterocycles. The topological polar surface area (TPSA) is 128 Å². The number of Topliss-reactive ketones (excluding diaryl/α,β-unsaturated/α-hetero) is 1. The fourth-order valence-corrected chi connectivity index (χ4v) is 4.30. The van der Waals surface area contributed by atoms with Crippen molar-refractivity contribution >= 4 is 29.1 Å². The Bertz CT molecular complexity index is 1060. The van der Waals surface area contributed by atoms with E-state index in [2.05, 4.69) is 20.2 Å². The number of hydrogen-bond acceptors (Lipinski definition) is 8. The molecule has 3 aliphatic rings. The summed E-state index contributed by atoms with van der Waals surface area (Å²) in [5, 5.41) is 21.2. The Morgan fingerprint density at radius 3 is 2.88 bits per heavy atom. The number of ether oxygens (including phenoxy) is 1. The first kappa shape index (κ1) is 21.6. The fraction of sp³-hybridized carbons (Fsp3) is 0.478.